The van der Waals surface area contributed by atoms with Crippen molar-refractivity contribution >= 4 is 23.2 Å². The summed E-state index contributed by atoms with van der Waals surface area (Å²) < 4.78 is 6.60. The molecule has 6 heteroatoms. The van der Waals surface area contributed by atoms with Crippen LogP contribution in [0.2, 0.25) is 5.15 Å². The third-order valence-corrected chi connectivity index (χ3v) is 2.31. The first kappa shape index (κ1) is 11.9. The maximum absolute atomic E-state index is 11.8. The second kappa shape index (κ2) is 4.71. The van der Waals surface area contributed by atoms with Gasteiger partial charge < -0.3 is 4.74 Å². The molecule has 17 heavy (non-hydrogen) atoms. The summed E-state index contributed by atoms with van der Waals surface area (Å²) in [4.78, 5) is 15.8. The van der Waals surface area contributed by atoms with Gasteiger partial charge in [0.25, 0.3) is 0 Å². The van der Waals surface area contributed by atoms with Crippen LogP contribution in [0.1, 0.15) is 24.2 Å². The molecule has 2 rings (SSSR count). The van der Waals surface area contributed by atoms with Gasteiger partial charge >= 0.3 is 5.97 Å². The lowest BCUT2D eigenvalue weighted by atomic mass is 10.2. The summed E-state index contributed by atoms with van der Waals surface area (Å²) in [6.07, 6.45) is 3.07. The minimum atomic E-state index is -0.427. The van der Waals surface area contributed by atoms with Gasteiger partial charge in [0, 0.05) is 6.20 Å². The molecule has 0 radical (unpaired) electrons. The van der Waals surface area contributed by atoms with E-state index in [1.165, 1.54) is 10.7 Å². The van der Waals surface area contributed by atoms with Gasteiger partial charge in [-0.05, 0) is 12.0 Å². The van der Waals surface area contributed by atoms with E-state index in [4.69, 9.17) is 16.3 Å². The number of carbonyl (C=O) groups excluding carboxylic acids is 1. The molecule has 0 atom stereocenters. The molecule has 0 unspecified atom stereocenters. The smallest absolute Gasteiger partial charge is 0.343 e. The van der Waals surface area contributed by atoms with Gasteiger partial charge in [-0.2, -0.15) is 5.10 Å². The zero-order valence-corrected chi connectivity index (χ0v) is 10.3. The number of hydrogen-bond donors (Lipinski definition) is 0. The summed E-state index contributed by atoms with van der Waals surface area (Å²) in [5, 5.41) is 4.32. The van der Waals surface area contributed by atoms with E-state index >= 15 is 0 Å². The highest BCUT2D eigenvalue weighted by molar-refractivity contribution is 6.29. The summed E-state index contributed by atoms with van der Waals surface area (Å²) in [7, 11) is 0. The number of ether oxygens (including phenoxy) is 1. The first-order valence-corrected chi connectivity index (χ1v) is 5.62. The molecule has 0 N–H and O–H groups in total. The predicted molar refractivity (Wildman–Crippen MR) is 63.1 cm³/mol. The minimum absolute atomic E-state index is 0.289. The van der Waals surface area contributed by atoms with Crippen LogP contribution in [0.5, 0.6) is 0 Å². The Bertz CT molecular complexity index is 551. The first-order chi connectivity index (χ1) is 8.08. The Labute approximate surface area is 103 Å². The Morgan fingerprint density at radius 1 is 1.59 bits per heavy atom. The molecule has 2 heterocycles. The number of halogens is 1. The third kappa shape index (κ3) is 2.55. The second-order valence-corrected chi connectivity index (χ2v) is 4.46. The standard InChI is InChI=1S/C11H12ClN3O2/c1-7(2)6-17-11(16)8-5-13-15-4-3-9(12)14-10(8)15/h3-5,7H,6H2,1-2H3. The molecule has 0 amide bonds. The lowest BCUT2D eigenvalue weighted by Crippen LogP contribution is -2.10. The van der Waals surface area contributed by atoms with E-state index in [9.17, 15) is 4.79 Å². The van der Waals surface area contributed by atoms with Gasteiger partial charge in [0.15, 0.2) is 5.65 Å². The molecule has 0 fully saturated rings. The summed E-state index contributed by atoms with van der Waals surface area (Å²) in [5.41, 5.74) is 0.736. The van der Waals surface area contributed by atoms with E-state index in [0.717, 1.165) is 0 Å². The third-order valence-electron chi connectivity index (χ3n) is 2.10. The molecule has 90 valence electrons. The van der Waals surface area contributed by atoms with Crippen LogP contribution in [-0.2, 0) is 4.74 Å². The maximum Gasteiger partial charge on any atom is 0.343 e. The van der Waals surface area contributed by atoms with Gasteiger partial charge in [0.1, 0.15) is 10.7 Å². The molecule has 5 nitrogen and oxygen atoms in total. The molecular weight excluding hydrogens is 242 g/mol. The Morgan fingerprint density at radius 3 is 3.06 bits per heavy atom. The Morgan fingerprint density at radius 2 is 2.35 bits per heavy atom. The average Bonchev–Trinajstić information content (AvgIpc) is 2.68. The van der Waals surface area contributed by atoms with Gasteiger partial charge in [-0.1, -0.05) is 25.4 Å². The monoisotopic (exact) mass is 253 g/mol. The van der Waals surface area contributed by atoms with E-state index in [-0.39, 0.29) is 5.92 Å². The van der Waals surface area contributed by atoms with Crippen LogP contribution >= 0.6 is 11.6 Å². The molecule has 0 aromatic carbocycles. The topological polar surface area (TPSA) is 56.5 Å². The highest BCUT2D eigenvalue weighted by atomic mass is 35.5. The van der Waals surface area contributed by atoms with E-state index in [2.05, 4.69) is 10.1 Å². The molecule has 0 aliphatic carbocycles. The van der Waals surface area contributed by atoms with Crippen molar-refractivity contribution in [3.8, 4) is 0 Å². The number of esters is 1. The van der Waals surface area contributed by atoms with Crippen LogP contribution in [0.25, 0.3) is 5.65 Å². The quantitative estimate of drug-likeness (QED) is 0.622. The van der Waals surface area contributed by atoms with Gasteiger partial charge in [-0.25, -0.2) is 14.3 Å². The van der Waals surface area contributed by atoms with E-state index in [0.29, 0.717) is 23.0 Å². The molecule has 0 spiro atoms. The number of hydrogen-bond acceptors (Lipinski definition) is 4. The number of nitrogens with zero attached hydrogens (tertiary/aromatic N) is 3. The van der Waals surface area contributed by atoms with Crippen LogP contribution in [0.4, 0.5) is 0 Å². The zero-order valence-electron chi connectivity index (χ0n) is 9.55. The number of aromatic nitrogens is 3. The minimum Gasteiger partial charge on any atom is -0.462 e. The van der Waals surface area contributed by atoms with Crippen LogP contribution < -0.4 is 0 Å². The van der Waals surface area contributed by atoms with Crippen LogP contribution in [-0.4, -0.2) is 27.2 Å². The van der Waals surface area contributed by atoms with Crippen molar-refractivity contribution in [2.24, 2.45) is 5.92 Å². The van der Waals surface area contributed by atoms with Crippen LogP contribution in [0.3, 0.4) is 0 Å². The van der Waals surface area contributed by atoms with E-state index in [1.54, 1.807) is 12.3 Å². The summed E-state index contributed by atoms with van der Waals surface area (Å²) in [6.45, 7) is 4.31. The number of rotatable bonds is 3. The molecule has 0 aliphatic heterocycles. The lowest BCUT2D eigenvalue weighted by Gasteiger charge is -2.05. The Kier molecular flexibility index (Phi) is 3.28. The fourth-order valence-electron chi connectivity index (χ4n) is 1.31. The molecule has 2 aromatic rings. The van der Waals surface area contributed by atoms with E-state index in [1.807, 2.05) is 13.8 Å². The summed E-state index contributed by atoms with van der Waals surface area (Å²) in [6, 6.07) is 1.60. The Hall–Kier alpha value is -1.62. The van der Waals surface area contributed by atoms with Gasteiger partial charge in [-0.15, -0.1) is 0 Å². The lowest BCUT2D eigenvalue weighted by molar-refractivity contribution is 0.0461. The van der Waals surface area contributed by atoms with Crippen molar-refractivity contribution in [2.75, 3.05) is 6.61 Å². The van der Waals surface area contributed by atoms with E-state index < -0.39 is 5.97 Å². The van der Waals surface area contributed by atoms with Crippen molar-refractivity contribution in [3.63, 3.8) is 0 Å². The van der Waals surface area contributed by atoms with Crippen molar-refractivity contribution in [3.05, 3.63) is 29.2 Å². The normalized spacial score (nSPS) is 11.1. The molecule has 0 saturated heterocycles. The van der Waals surface area contributed by atoms with Gasteiger partial charge in [-0.3, -0.25) is 0 Å². The Balaban J connectivity index is 2.29. The first-order valence-electron chi connectivity index (χ1n) is 5.25. The number of fused-ring (bicyclic) bond motifs is 1. The highest BCUT2D eigenvalue weighted by Crippen LogP contribution is 2.13. The van der Waals surface area contributed by atoms with Crippen LogP contribution in [0.15, 0.2) is 18.5 Å². The van der Waals surface area contributed by atoms with Crippen LogP contribution in [0, 0.1) is 5.92 Å². The average molecular weight is 254 g/mol. The van der Waals surface area contributed by atoms with Crippen molar-refractivity contribution < 1.29 is 9.53 Å². The van der Waals surface area contributed by atoms with Crippen molar-refractivity contribution in [1.29, 1.82) is 0 Å². The summed E-state index contributed by atoms with van der Waals surface area (Å²) >= 11 is 5.78. The van der Waals surface area contributed by atoms with Gasteiger partial charge in [0.05, 0.1) is 12.8 Å². The highest BCUT2D eigenvalue weighted by Gasteiger charge is 2.16. The SMILES string of the molecule is CC(C)COC(=O)c1cnn2ccc(Cl)nc12. The molecule has 0 saturated carbocycles. The second-order valence-electron chi connectivity index (χ2n) is 4.07. The molecule has 2 aromatic heterocycles. The maximum atomic E-state index is 11.8. The van der Waals surface area contributed by atoms with Gasteiger partial charge in [0.2, 0.25) is 0 Å². The fourth-order valence-corrected chi connectivity index (χ4v) is 1.45. The summed E-state index contributed by atoms with van der Waals surface area (Å²) in [5.74, 6) is -0.138. The molecule has 0 aliphatic rings. The zero-order chi connectivity index (χ0) is 12.4. The predicted octanol–water partition coefficient (Wildman–Crippen LogP) is 2.20. The van der Waals surface area contributed by atoms with Crippen molar-refractivity contribution in [1.82, 2.24) is 14.6 Å². The molecular formula is C11H12ClN3O2. The molecule has 0 bridgehead atoms. The largest absolute Gasteiger partial charge is 0.462 e. The number of carbonyl (C=O) groups is 1. The fraction of sp³-hybridized carbons (Fsp3) is 0.364. The van der Waals surface area contributed by atoms with Crippen molar-refractivity contribution in [2.45, 2.75) is 13.8 Å².